The van der Waals surface area contributed by atoms with E-state index in [-0.39, 0.29) is 17.7 Å². The maximum atomic E-state index is 12.5. The molecule has 2 amide bonds. The van der Waals surface area contributed by atoms with Crippen LogP contribution in [0.3, 0.4) is 0 Å². The zero-order valence-electron chi connectivity index (χ0n) is 17.0. The molecule has 4 rings (SSSR count). The lowest BCUT2D eigenvalue weighted by Crippen LogP contribution is -2.24. The van der Waals surface area contributed by atoms with Crippen molar-refractivity contribution in [1.82, 2.24) is 10.2 Å². The van der Waals surface area contributed by atoms with Gasteiger partial charge in [-0.2, -0.15) is 0 Å². The van der Waals surface area contributed by atoms with Gasteiger partial charge in [0.1, 0.15) is 10.8 Å². The fourth-order valence-electron chi connectivity index (χ4n) is 3.39. The van der Waals surface area contributed by atoms with Crippen LogP contribution in [0.1, 0.15) is 38.8 Å². The number of aryl methyl sites for hydroxylation is 2. The van der Waals surface area contributed by atoms with Crippen molar-refractivity contribution >= 4 is 34.0 Å². The van der Waals surface area contributed by atoms with E-state index >= 15 is 0 Å². The number of nitrogens with zero attached hydrogens (tertiary/aromatic N) is 3. The van der Waals surface area contributed by atoms with Gasteiger partial charge in [-0.15, -0.1) is 10.2 Å². The molecule has 0 spiro atoms. The first kappa shape index (κ1) is 20.0. The van der Waals surface area contributed by atoms with E-state index in [1.54, 1.807) is 18.1 Å². The summed E-state index contributed by atoms with van der Waals surface area (Å²) in [6.45, 7) is 4.51. The van der Waals surface area contributed by atoms with Crippen LogP contribution in [0.4, 0.5) is 10.8 Å². The van der Waals surface area contributed by atoms with Crippen molar-refractivity contribution in [2.75, 3.05) is 23.9 Å². The monoisotopic (exact) mass is 422 g/mol. The lowest BCUT2D eigenvalue weighted by molar-refractivity contribution is -0.117. The van der Waals surface area contributed by atoms with Gasteiger partial charge in [-0.1, -0.05) is 17.4 Å². The molecule has 7 nitrogen and oxygen atoms in total. The summed E-state index contributed by atoms with van der Waals surface area (Å²) >= 11 is 1.31. The van der Waals surface area contributed by atoms with Gasteiger partial charge < -0.3 is 9.64 Å². The maximum Gasteiger partial charge on any atom is 0.257 e. The van der Waals surface area contributed by atoms with Gasteiger partial charge in [0.05, 0.1) is 7.11 Å². The van der Waals surface area contributed by atoms with E-state index in [9.17, 15) is 9.59 Å². The average Bonchev–Trinajstić information content (AvgIpc) is 3.36. The number of aromatic nitrogens is 2. The van der Waals surface area contributed by atoms with Crippen molar-refractivity contribution in [3.05, 3.63) is 64.2 Å². The van der Waals surface area contributed by atoms with Gasteiger partial charge in [0.2, 0.25) is 11.0 Å². The van der Waals surface area contributed by atoms with E-state index in [1.165, 1.54) is 11.3 Å². The molecule has 1 aromatic heterocycles. The summed E-state index contributed by atoms with van der Waals surface area (Å²) in [5.74, 6) is 0.517. The molecule has 3 aromatic rings. The Balaban J connectivity index is 1.44. The third-order valence-corrected chi connectivity index (χ3v) is 6.29. The molecular formula is C22H22N4O3S. The molecule has 0 aliphatic carbocycles. The summed E-state index contributed by atoms with van der Waals surface area (Å²) in [6, 6.07) is 13.0. The highest BCUT2D eigenvalue weighted by Gasteiger charge is 2.34. The summed E-state index contributed by atoms with van der Waals surface area (Å²) < 4.78 is 5.17. The van der Waals surface area contributed by atoms with E-state index < -0.39 is 0 Å². The van der Waals surface area contributed by atoms with E-state index in [4.69, 9.17) is 4.74 Å². The van der Waals surface area contributed by atoms with Gasteiger partial charge in [-0.05, 0) is 61.4 Å². The van der Waals surface area contributed by atoms with Crippen LogP contribution in [0.15, 0.2) is 42.5 Å². The molecule has 2 aromatic carbocycles. The largest absolute Gasteiger partial charge is 0.497 e. The van der Waals surface area contributed by atoms with Gasteiger partial charge in [0, 0.05) is 30.1 Å². The number of rotatable bonds is 5. The van der Waals surface area contributed by atoms with Crippen LogP contribution >= 0.6 is 11.3 Å². The predicted molar refractivity (Wildman–Crippen MR) is 116 cm³/mol. The number of nitrogens with one attached hydrogen (secondary N) is 1. The quantitative estimate of drug-likeness (QED) is 0.673. The van der Waals surface area contributed by atoms with Gasteiger partial charge in [-0.25, -0.2) is 0 Å². The second-order valence-electron chi connectivity index (χ2n) is 7.30. The average molecular weight is 423 g/mol. The van der Waals surface area contributed by atoms with Gasteiger partial charge in [-0.3, -0.25) is 14.9 Å². The van der Waals surface area contributed by atoms with Crippen molar-refractivity contribution in [3.63, 3.8) is 0 Å². The van der Waals surface area contributed by atoms with Gasteiger partial charge in [0.15, 0.2) is 0 Å². The van der Waals surface area contributed by atoms with E-state index in [0.29, 0.717) is 23.7 Å². The van der Waals surface area contributed by atoms with Gasteiger partial charge in [0.25, 0.3) is 5.91 Å². The molecule has 0 bridgehead atoms. The fourth-order valence-corrected chi connectivity index (χ4v) is 4.22. The highest BCUT2D eigenvalue weighted by molar-refractivity contribution is 7.15. The summed E-state index contributed by atoms with van der Waals surface area (Å²) in [4.78, 5) is 26.8. The highest BCUT2D eigenvalue weighted by Crippen LogP contribution is 2.34. The Bertz CT molecular complexity index is 1090. The predicted octanol–water partition coefficient (Wildman–Crippen LogP) is 3.94. The Morgan fingerprint density at radius 3 is 2.60 bits per heavy atom. The minimum absolute atomic E-state index is 0.0427. The Labute approximate surface area is 178 Å². The van der Waals surface area contributed by atoms with Crippen LogP contribution in [0.5, 0.6) is 5.75 Å². The summed E-state index contributed by atoms with van der Waals surface area (Å²) in [5.41, 5.74) is 3.61. The summed E-state index contributed by atoms with van der Waals surface area (Å²) in [7, 11) is 1.61. The minimum Gasteiger partial charge on any atom is -0.497 e. The first-order chi connectivity index (χ1) is 14.4. The zero-order valence-corrected chi connectivity index (χ0v) is 17.8. The molecule has 1 saturated heterocycles. The highest BCUT2D eigenvalue weighted by atomic mass is 32.1. The molecule has 0 radical (unpaired) electrons. The lowest BCUT2D eigenvalue weighted by Gasteiger charge is -2.16. The summed E-state index contributed by atoms with van der Waals surface area (Å²) in [5, 5.41) is 12.3. The number of methoxy groups -OCH3 is 1. The molecule has 1 N–H and O–H groups in total. The number of carbonyl (C=O) groups is 2. The van der Waals surface area contributed by atoms with Crippen molar-refractivity contribution in [3.8, 4) is 5.75 Å². The Kier molecular flexibility index (Phi) is 5.50. The molecule has 0 saturated carbocycles. The van der Waals surface area contributed by atoms with E-state index in [2.05, 4.69) is 15.5 Å². The van der Waals surface area contributed by atoms with Crippen LogP contribution in [-0.2, 0) is 4.79 Å². The molecule has 1 atom stereocenters. The first-order valence-electron chi connectivity index (χ1n) is 9.61. The maximum absolute atomic E-state index is 12.5. The molecule has 0 unspecified atom stereocenters. The first-order valence-corrected chi connectivity index (χ1v) is 10.4. The van der Waals surface area contributed by atoms with Crippen LogP contribution < -0.4 is 15.0 Å². The van der Waals surface area contributed by atoms with Crippen LogP contribution in [0.25, 0.3) is 0 Å². The van der Waals surface area contributed by atoms with Crippen LogP contribution in [0, 0.1) is 13.8 Å². The van der Waals surface area contributed by atoms with Crippen LogP contribution in [0.2, 0.25) is 0 Å². The molecule has 1 fully saturated rings. The van der Waals surface area contributed by atoms with Crippen molar-refractivity contribution in [1.29, 1.82) is 0 Å². The van der Waals surface area contributed by atoms with Crippen molar-refractivity contribution < 1.29 is 14.3 Å². The van der Waals surface area contributed by atoms with Crippen LogP contribution in [-0.4, -0.2) is 35.7 Å². The minimum atomic E-state index is -0.219. The standard InChI is InChI=1S/C22H22N4O3S/c1-13-4-5-15(10-14(13)2)20(28)23-22-25-24-21(30-22)16-11-19(27)26(12-16)17-6-8-18(29-3)9-7-17/h4-10,16H,11-12H2,1-3H3,(H,23,25,28)/t16-/m0/s1. The lowest BCUT2D eigenvalue weighted by atomic mass is 10.1. The SMILES string of the molecule is COc1ccc(N2C[C@@H](c3nnc(NC(=O)c4ccc(C)c(C)c4)s3)CC2=O)cc1. The molecular weight excluding hydrogens is 400 g/mol. The molecule has 1 aliphatic heterocycles. The molecule has 2 heterocycles. The number of anilines is 2. The molecule has 1 aliphatic rings. The summed E-state index contributed by atoms with van der Waals surface area (Å²) in [6.07, 6.45) is 0.367. The molecule has 154 valence electrons. The zero-order chi connectivity index (χ0) is 21.3. The van der Waals surface area contributed by atoms with E-state index in [1.807, 2.05) is 50.2 Å². The topological polar surface area (TPSA) is 84.4 Å². The Morgan fingerprint density at radius 1 is 1.13 bits per heavy atom. The molecule has 8 heteroatoms. The molecule has 30 heavy (non-hydrogen) atoms. The number of amides is 2. The Morgan fingerprint density at radius 2 is 1.90 bits per heavy atom. The smallest absolute Gasteiger partial charge is 0.257 e. The van der Waals surface area contributed by atoms with Crippen molar-refractivity contribution in [2.45, 2.75) is 26.2 Å². The number of hydrogen-bond donors (Lipinski definition) is 1. The normalized spacial score (nSPS) is 16.0. The number of benzene rings is 2. The second kappa shape index (κ2) is 8.23. The Hall–Kier alpha value is -3.26. The fraction of sp³-hybridized carbons (Fsp3) is 0.273. The van der Waals surface area contributed by atoms with E-state index in [0.717, 1.165) is 27.6 Å². The second-order valence-corrected chi connectivity index (χ2v) is 8.31. The third kappa shape index (κ3) is 4.04. The number of hydrogen-bond acceptors (Lipinski definition) is 6. The number of ether oxygens (including phenoxy) is 1. The van der Waals surface area contributed by atoms with Gasteiger partial charge >= 0.3 is 0 Å². The number of carbonyl (C=O) groups excluding carboxylic acids is 2. The van der Waals surface area contributed by atoms with Crippen molar-refractivity contribution in [2.24, 2.45) is 0 Å². The third-order valence-electron chi connectivity index (χ3n) is 5.29.